The molecule has 2 atom stereocenters. The van der Waals surface area contributed by atoms with Crippen LogP contribution in [-0.4, -0.2) is 47.4 Å². The first-order chi connectivity index (χ1) is 12.1. The Kier molecular flexibility index (Phi) is 6.42. The van der Waals surface area contributed by atoms with Crippen molar-refractivity contribution in [2.75, 3.05) is 6.61 Å². The van der Waals surface area contributed by atoms with Gasteiger partial charge in [-0.15, -0.1) is 0 Å². The molecular formula is C20H29NO5. The van der Waals surface area contributed by atoms with Crippen LogP contribution >= 0.6 is 0 Å². The molecule has 1 aromatic rings. The molecule has 1 saturated heterocycles. The summed E-state index contributed by atoms with van der Waals surface area (Å²) in [6.07, 6.45) is 0.0703. The van der Waals surface area contributed by atoms with Crippen molar-refractivity contribution in [1.82, 2.24) is 4.90 Å². The van der Waals surface area contributed by atoms with Crippen molar-refractivity contribution >= 4 is 12.4 Å². The van der Waals surface area contributed by atoms with Crippen LogP contribution in [0, 0.1) is 0 Å². The number of hydrogen-bond acceptors (Lipinski definition) is 5. The number of rotatable bonds is 6. The number of aldehydes is 1. The van der Waals surface area contributed by atoms with Crippen LogP contribution in [0.3, 0.4) is 0 Å². The highest BCUT2D eigenvalue weighted by Crippen LogP contribution is 2.31. The van der Waals surface area contributed by atoms with Crippen LogP contribution in [0.2, 0.25) is 0 Å². The van der Waals surface area contributed by atoms with Crippen molar-refractivity contribution in [2.45, 2.75) is 71.1 Å². The summed E-state index contributed by atoms with van der Waals surface area (Å²) in [6.45, 7) is 9.78. The molecule has 0 aromatic heterocycles. The zero-order valence-corrected chi connectivity index (χ0v) is 16.2. The van der Waals surface area contributed by atoms with Gasteiger partial charge in [0.05, 0.1) is 19.3 Å². The Balaban J connectivity index is 2.02. The maximum atomic E-state index is 12.6. The molecule has 0 bridgehead atoms. The molecule has 0 unspecified atom stereocenters. The van der Waals surface area contributed by atoms with Crippen molar-refractivity contribution in [3.63, 3.8) is 0 Å². The second kappa shape index (κ2) is 8.18. The summed E-state index contributed by atoms with van der Waals surface area (Å²) in [5.74, 6) is 0. The summed E-state index contributed by atoms with van der Waals surface area (Å²) >= 11 is 0. The molecule has 1 aromatic carbocycles. The van der Waals surface area contributed by atoms with Gasteiger partial charge < -0.3 is 19.0 Å². The van der Waals surface area contributed by atoms with Crippen LogP contribution in [0.15, 0.2) is 30.3 Å². The predicted octanol–water partition coefficient (Wildman–Crippen LogP) is 3.53. The molecule has 1 fully saturated rings. The number of ether oxygens (including phenoxy) is 3. The molecule has 0 saturated carbocycles. The normalized spacial score (nSPS) is 20.7. The first-order valence-corrected chi connectivity index (χ1v) is 8.89. The van der Waals surface area contributed by atoms with Crippen LogP contribution < -0.4 is 0 Å². The van der Waals surface area contributed by atoms with Crippen LogP contribution in [0.1, 0.15) is 46.6 Å². The third kappa shape index (κ3) is 5.54. The summed E-state index contributed by atoms with van der Waals surface area (Å²) in [5.41, 5.74) is -0.403. The zero-order chi connectivity index (χ0) is 19.4. The number of nitrogens with zero attached hydrogens (tertiary/aromatic N) is 1. The fourth-order valence-electron chi connectivity index (χ4n) is 2.95. The number of hydrogen-bond donors (Lipinski definition) is 0. The van der Waals surface area contributed by atoms with Crippen LogP contribution in [0.25, 0.3) is 0 Å². The Bertz CT molecular complexity index is 608. The molecule has 1 aliphatic rings. The van der Waals surface area contributed by atoms with Gasteiger partial charge in [0.2, 0.25) is 0 Å². The molecule has 0 spiro atoms. The van der Waals surface area contributed by atoms with E-state index in [-0.39, 0.29) is 6.04 Å². The molecule has 0 N–H and O–H groups in total. The number of carbonyl (C=O) groups is 2. The highest BCUT2D eigenvalue weighted by molar-refractivity contribution is 5.70. The molecule has 2 rings (SSSR count). The largest absolute Gasteiger partial charge is 0.444 e. The molecular weight excluding hydrogens is 334 g/mol. The van der Waals surface area contributed by atoms with E-state index in [0.29, 0.717) is 19.6 Å². The minimum absolute atomic E-state index is 0.286. The molecule has 0 aliphatic carbocycles. The van der Waals surface area contributed by atoms with E-state index >= 15 is 0 Å². The molecule has 6 nitrogen and oxygen atoms in total. The van der Waals surface area contributed by atoms with E-state index in [1.165, 1.54) is 0 Å². The van der Waals surface area contributed by atoms with Gasteiger partial charge in [0.1, 0.15) is 23.7 Å². The lowest BCUT2D eigenvalue weighted by atomic mass is 10.1. The van der Waals surface area contributed by atoms with Crippen LogP contribution in [0.5, 0.6) is 0 Å². The molecule has 144 valence electrons. The maximum absolute atomic E-state index is 12.6. The summed E-state index contributed by atoms with van der Waals surface area (Å²) in [7, 11) is 0. The van der Waals surface area contributed by atoms with Gasteiger partial charge in [-0.1, -0.05) is 30.3 Å². The Morgan fingerprint density at radius 1 is 1.35 bits per heavy atom. The number of carbonyl (C=O) groups excluding carboxylic acids is 2. The first kappa shape index (κ1) is 20.4. The Morgan fingerprint density at radius 2 is 2.00 bits per heavy atom. The minimum atomic E-state index is -0.792. The van der Waals surface area contributed by atoms with E-state index in [1.54, 1.807) is 4.90 Å². The Labute approximate surface area is 155 Å². The molecule has 26 heavy (non-hydrogen) atoms. The predicted molar refractivity (Wildman–Crippen MR) is 97.6 cm³/mol. The van der Waals surface area contributed by atoms with Gasteiger partial charge in [0.25, 0.3) is 0 Å². The zero-order valence-electron chi connectivity index (χ0n) is 16.2. The molecule has 0 radical (unpaired) electrons. The molecule has 1 amide bonds. The average molecular weight is 363 g/mol. The fraction of sp³-hybridized carbons (Fsp3) is 0.600. The summed E-state index contributed by atoms with van der Waals surface area (Å²) < 4.78 is 17.0. The lowest BCUT2D eigenvalue weighted by Gasteiger charge is -2.35. The van der Waals surface area contributed by atoms with Crippen molar-refractivity contribution < 1.29 is 23.8 Å². The van der Waals surface area contributed by atoms with Gasteiger partial charge in [-0.25, -0.2) is 4.79 Å². The number of benzene rings is 1. The highest BCUT2D eigenvalue weighted by Gasteiger charge is 2.46. The second-order valence-corrected chi connectivity index (χ2v) is 7.97. The minimum Gasteiger partial charge on any atom is -0.444 e. The third-order valence-electron chi connectivity index (χ3n) is 4.13. The van der Waals surface area contributed by atoms with E-state index < -0.39 is 23.5 Å². The summed E-state index contributed by atoms with van der Waals surface area (Å²) in [5, 5.41) is 0. The molecule has 1 aliphatic heterocycles. The smallest absolute Gasteiger partial charge is 0.412 e. The molecule has 6 heteroatoms. The van der Waals surface area contributed by atoms with Crippen molar-refractivity contribution in [3.05, 3.63) is 35.9 Å². The van der Waals surface area contributed by atoms with E-state index in [4.69, 9.17) is 14.2 Å². The quantitative estimate of drug-likeness (QED) is 0.724. The summed E-state index contributed by atoms with van der Waals surface area (Å²) in [6, 6.07) is 9.37. The highest BCUT2D eigenvalue weighted by atomic mass is 16.6. The van der Waals surface area contributed by atoms with Gasteiger partial charge >= 0.3 is 6.09 Å². The monoisotopic (exact) mass is 363 g/mol. The third-order valence-corrected chi connectivity index (χ3v) is 4.13. The van der Waals surface area contributed by atoms with Gasteiger partial charge in [-0.05, 0) is 40.2 Å². The van der Waals surface area contributed by atoms with E-state index in [1.807, 2.05) is 65.0 Å². The van der Waals surface area contributed by atoms with Crippen molar-refractivity contribution in [1.29, 1.82) is 0 Å². The SMILES string of the molecule is CC(C)(C)OC(=O)N1[C@@H](C[C@@H](C=O)OCc2ccccc2)COC1(C)C. The maximum Gasteiger partial charge on any atom is 0.412 e. The summed E-state index contributed by atoms with van der Waals surface area (Å²) in [4.78, 5) is 25.7. The lowest BCUT2D eigenvalue weighted by Crippen LogP contribution is -2.50. The van der Waals surface area contributed by atoms with Crippen molar-refractivity contribution in [3.8, 4) is 0 Å². The van der Waals surface area contributed by atoms with Gasteiger partial charge in [0, 0.05) is 6.42 Å². The lowest BCUT2D eigenvalue weighted by molar-refractivity contribution is -0.120. The average Bonchev–Trinajstić information content (AvgIpc) is 2.85. The Morgan fingerprint density at radius 3 is 2.58 bits per heavy atom. The van der Waals surface area contributed by atoms with Gasteiger partial charge in [-0.3, -0.25) is 4.90 Å². The first-order valence-electron chi connectivity index (χ1n) is 8.89. The van der Waals surface area contributed by atoms with Crippen LogP contribution in [0.4, 0.5) is 4.79 Å². The number of amides is 1. The second-order valence-electron chi connectivity index (χ2n) is 7.97. The van der Waals surface area contributed by atoms with Gasteiger partial charge in [-0.2, -0.15) is 0 Å². The molecule has 1 heterocycles. The van der Waals surface area contributed by atoms with E-state index in [0.717, 1.165) is 11.8 Å². The van der Waals surface area contributed by atoms with Crippen LogP contribution in [-0.2, 0) is 25.6 Å². The fourth-order valence-corrected chi connectivity index (χ4v) is 2.95. The standard InChI is InChI=1S/C20H29NO5/c1-19(2,3)26-18(23)21-16(14-25-20(21,4)5)11-17(12-22)24-13-15-9-7-6-8-10-15/h6-10,12,16-17H,11,13-14H2,1-5H3/t16-,17-/m0/s1. The van der Waals surface area contributed by atoms with E-state index in [9.17, 15) is 9.59 Å². The van der Waals surface area contributed by atoms with E-state index in [2.05, 4.69) is 0 Å². The Hall–Kier alpha value is -1.92. The topological polar surface area (TPSA) is 65.1 Å². The van der Waals surface area contributed by atoms with Gasteiger partial charge in [0.15, 0.2) is 0 Å². The van der Waals surface area contributed by atoms with Crippen molar-refractivity contribution in [2.24, 2.45) is 0 Å².